The molecule has 0 radical (unpaired) electrons. The Balaban J connectivity index is 3.63. The van der Waals surface area contributed by atoms with Gasteiger partial charge in [0.15, 0.2) is 0 Å². The van der Waals surface area contributed by atoms with Crippen LogP contribution in [-0.4, -0.2) is 23.4 Å². The fraction of sp³-hybridized carbons (Fsp3) is 1.00. The molecule has 8 nitrogen and oxygen atoms in total. The van der Waals surface area contributed by atoms with Gasteiger partial charge in [-0.15, -0.1) is 20.2 Å². The number of hydrogen-bond donors (Lipinski definition) is 0. The molecule has 0 saturated carbocycles. The van der Waals surface area contributed by atoms with Crippen LogP contribution in [0.2, 0.25) is 0 Å². The van der Waals surface area contributed by atoms with Gasteiger partial charge in [-0.2, -0.15) is 0 Å². The van der Waals surface area contributed by atoms with Gasteiger partial charge in [-0.25, -0.2) is 0 Å². The zero-order valence-electron chi connectivity index (χ0n) is 7.04. The SMILES string of the molecule is CCC(CO[N+](=O)[O-])CO[N+](=O)[O-]. The maximum absolute atomic E-state index is 9.77. The summed E-state index contributed by atoms with van der Waals surface area (Å²) in [5.74, 6) is -0.337. The summed E-state index contributed by atoms with van der Waals surface area (Å²) in [4.78, 5) is 27.6. The van der Waals surface area contributed by atoms with Crippen LogP contribution in [-0.2, 0) is 9.68 Å². The van der Waals surface area contributed by atoms with Gasteiger partial charge in [-0.1, -0.05) is 6.92 Å². The number of rotatable bonds is 7. The van der Waals surface area contributed by atoms with Gasteiger partial charge in [0.1, 0.15) is 13.2 Å². The van der Waals surface area contributed by atoms with Crippen LogP contribution in [0.5, 0.6) is 0 Å². The van der Waals surface area contributed by atoms with Crippen molar-refractivity contribution in [1.82, 2.24) is 0 Å². The van der Waals surface area contributed by atoms with Gasteiger partial charge >= 0.3 is 0 Å². The average Bonchev–Trinajstić information content (AvgIpc) is 2.04. The van der Waals surface area contributed by atoms with Crippen molar-refractivity contribution < 1.29 is 19.8 Å². The monoisotopic (exact) mass is 194 g/mol. The van der Waals surface area contributed by atoms with Gasteiger partial charge in [-0.05, 0) is 6.42 Å². The average molecular weight is 194 g/mol. The molecule has 0 spiro atoms. The van der Waals surface area contributed by atoms with Crippen LogP contribution in [0, 0.1) is 26.1 Å². The summed E-state index contributed by atoms with van der Waals surface area (Å²) in [6.45, 7) is 1.37. The standard InChI is InChI=1S/C5H10N2O6/c1-2-5(3-12-6(8)9)4-13-7(10)11/h5H,2-4H2,1H3. The van der Waals surface area contributed by atoms with E-state index >= 15 is 0 Å². The van der Waals surface area contributed by atoms with E-state index in [0.29, 0.717) is 6.42 Å². The Hall–Kier alpha value is -1.60. The zero-order chi connectivity index (χ0) is 10.3. The predicted molar refractivity (Wildman–Crippen MR) is 39.7 cm³/mol. The molecule has 0 amide bonds. The molecule has 0 aliphatic rings. The summed E-state index contributed by atoms with van der Waals surface area (Å²) < 4.78 is 0. The summed E-state index contributed by atoms with van der Waals surface area (Å²) in [5.41, 5.74) is 0. The highest BCUT2D eigenvalue weighted by molar-refractivity contribution is 4.51. The van der Waals surface area contributed by atoms with Crippen molar-refractivity contribution in [2.45, 2.75) is 13.3 Å². The van der Waals surface area contributed by atoms with Crippen LogP contribution in [0.1, 0.15) is 13.3 Å². The normalized spacial score (nSPS) is 9.69. The minimum absolute atomic E-state index is 0.183. The lowest BCUT2D eigenvalue weighted by Crippen LogP contribution is -2.19. The Morgan fingerprint density at radius 2 is 1.54 bits per heavy atom. The maximum Gasteiger partial charge on any atom is 0.294 e. The Labute approximate surface area is 73.6 Å². The van der Waals surface area contributed by atoms with E-state index in [9.17, 15) is 20.2 Å². The van der Waals surface area contributed by atoms with Crippen LogP contribution in [0.15, 0.2) is 0 Å². The second-order valence-corrected chi connectivity index (χ2v) is 2.31. The van der Waals surface area contributed by atoms with Gasteiger partial charge in [0.05, 0.1) is 0 Å². The predicted octanol–water partition coefficient (Wildman–Crippen LogP) is 0.429. The molecular weight excluding hydrogens is 184 g/mol. The van der Waals surface area contributed by atoms with Crippen molar-refractivity contribution in [1.29, 1.82) is 0 Å². The minimum Gasteiger partial charge on any atom is -0.314 e. The van der Waals surface area contributed by atoms with Crippen LogP contribution < -0.4 is 0 Å². The van der Waals surface area contributed by atoms with Crippen molar-refractivity contribution in [3.05, 3.63) is 20.2 Å². The van der Waals surface area contributed by atoms with Crippen molar-refractivity contribution in [2.75, 3.05) is 13.2 Å². The molecule has 0 fully saturated rings. The molecule has 0 aromatic carbocycles. The molecule has 0 N–H and O–H groups in total. The molecular formula is C5H10N2O6. The Kier molecular flexibility index (Phi) is 5.24. The van der Waals surface area contributed by atoms with E-state index in [2.05, 4.69) is 9.68 Å². The lowest BCUT2D eigenvalue weighted by molar-refractivity contribution is -0.768. The van der Waals surface area contributed by atoms with E-state index in [4.69, 9.17) is 0 Å². The fourth-order valence-corrected chi connectivity index (χ4v) is 0.616. The number of hydrogen-bond acceptors (Lipinski definition) is 6. The maximum atomic E-state index is 9.77. The van der Waals surface area contributed by atoms with E-state index in [1.807, 2.05) is 0 Å². The molecule has 13 heavy (non-hydrogen) atoms. The summed E-state index contributed by atoms with van der Waals surface area (Å²) in [7, 11) is 0. The third-order valence-corrected chi connectivity index (χ3v) is 1.41. The van der Waals surface area contributed by atoms with Crippen LogP contribution in [0.25, 0.3) is 0 Å². The first-order valence-corrected chi connectivity index (χ1v) is 3.60. The first-order chi connectivity index (χ1) is 6.06. The summed E-state index contributed by atoms with van der Waals surface area (Å²) >= 11 is 0. The van der Waals surface area contributed by atoms with Crippen molar-refractivity contribution >= 4 is 0 Å². The molecule has 0 bridgehead atoms. The quantitative estimate of drug-likeness (QED) is 0.429. The third-order valence-electron chi connectivity index (χ3n) is 1.41. The lowest BCUT2D eigenvalue weighted by Gasteiger charge is -2.10. The summed E-state index contributed by atoms with van der Waals surface area (Å²) in [5, 5.41) is 17.7. The molecule has 0 aliphatic carbocycles. The topological polar surface area (TPSA) is 105 Å². The van der Waals surface area contributed by atoms with Crippen molar-refractivity contribution in [3.8, 4) is 0 Å². The Morgan fingerprint density at radius 3 is 1.77 bits per heavy atom. The summed E-state index contributed by atoms with van der Waals surface area (Å²) in [6, 6.07) is 0. The minimum atomic E-state index is -0.936. The highest BCUT2D eigenvalue weighted by Gasteiger charge is 2.10. The van der Waals surface area contributed by atoms with Crippen LogP contribution >= 0.6 is 0 Å². The van der Waals surface area contributed by atoms with E-state index < -0.39 is 10.2 Å². The summed E-state index contributed by atoms with van der Waals surface area (Å²) in [6.07, 6.45) is 0.516. The van der Waals surface area contributed by atoms with Crippen molar-refractivity contribution in [3.63, 3.8) is 0 Å². The second kappa shape index (κ2) is 5.98. The van der Waals surface area contributed by atoms with E-state index in [1.165, 1.54) is 0 Å². The Bertz CT molecular complexity index is 166. The molecule has 0 aromatic heterocycles. The highest BCUT2D eigenvalue weighted by Crippen LogP contribution is 2.03. The molecule has 0 saturated heterocycles. The van der Waals surface area contributed by atoms with E-state index in [-0.39, 0.29) is 19.1 Å². The van der Waals surface area contributed by atoms with Crippen LogP contribution in [0.4, 0.5) is 0 Å². The van der Waals surface area contributed by atoms with Crippen molar-refractivity contribution in [2.24, 2.45) is 5.92 Å². The van der Waals surface area contributed by atoms with Gasteiger partial charge in [0, 0.05) is 5.92 Å². The third kappa shape index (κ3) is 6.78. The first-order valence-electron chi connectivity index (χ1n) is 3.60. The highest BCUT2D eigenvalue weighted by atomic mass is 17.0. The molecule has 0 atom stereocenters. The zero-order valence-corrected chi connectivity index (χ0v) is 7.04. The molecule has 0 aliphatic heterocycles. The van der Waals surface area contributed by atoms with Gasteiger partial charge < -0.3 is 9.68 Å². The van der Waals surface area contributed by atoms with E-state index in [1.54, 1.807) is 6.92 Å². The molecule has 0 aromatic rings. The lowest BCUT2D eigenvalue weighted by atomic mass is 10.1. The molecule has 76 valence electrons. The van der Waals surface area contributed by atoms with E-state index in [0.717, 1.165) is 0 Å². The molecule has 8 heteroatoms. The molecule has 0 heterocycles. The smallest absolute Gasteiger partial charge is 0.294 e. The Morgan fingerprint density at radius 1 is 1.15 bits per heavy atom. The largest absolute Gasteiger partial charge is 0.314 e. The number of nitrogens with zero attached hydrogens (tertiary/aromatic N) is 2. The fourth-order valence-electron chi connectivity index (χ4n) is 0.616. The molecule has 0 rings (SSSR count). The van der Waals surface area contributed by atoms with Gasteiger partial charge in [0.25, 0.3) is 10.2 Å². The van der Waals surface area contributed by atoms with Crippen LogP contribution in [0.3, 0.4) is 0 Å². The first kappa shape index (κ1) is 11.4. The van der Waals surface area contributed by atoms with Gasteiger partial charge in [0.2, 0.25) is 0 Å². The molecule has 0 unspecified atom stereocenters. The van der Waals surface area contributed by atoms with Gasteiger partial charge in [-0.3, -0.25) is 0 Å². The second-order valence-electron chi connectivity index (χ2n) is 2.31.